The van der Waals surface area contributed by atoms with Crippen molar-refractivity contribution in [3.8, 4) is 5.75 Å². The predicted molar refractivity (Wildman–Crippen MR) is 114 cm³/mol. The van der Waals surface area contributed by atoms with Crippen molar-refractivity contribution in [3.05, 3.63) is 59.7 Å². The molecule has 2 unspecified atom stereocenters. The number of rotatable bonds is 8. The van der Waals surface area contributed by atoms with E-state index in [0.717, 1.165) is 55.7 Å². The highest BCUT2D eigenvalue weighted by Crippen LogP contribution is 2.37. The second kappa shape index (κ2) is 9.31. The molecule has 2 aliphatic heterocycles. The fourth-order valence-corrected chi connectivity index (χ4v) is 4.11. The number of fused-ring (bicyclic) bond motifs is 1. The lowest BCUT2D eigenvalue weighted by Gasteiger charge is -2.39. The van der Waals surface area contributed by atoms with Crippen LogP contribution in [0.25, 0.3) is 0 Å². The lowest BCUT2D eigenvalue weighted by molar-refractivity contribution is 0.0424. The summed E-state index contributed by atoms with van der Waals surface area (Å²) in [5.74, 6) is 0.881. The lowest BCUT2D eigenvalue weighted by atomic mass is 10.0. The highest BCUT2D eigenvalue weighted by atomic mass is 16.5. The van der Waals surface area contributed by atoms with E-state index in [0.29, 0.717) is 18.7 Å². The maximum absolute atomic E-state index is 13.4. The van der Waals surface area contributed by atoms with E-state index in [1.54, 1.807) is 0 Å². The molecule has 1 N–H and O–H groups in total. The molecule has 5 nitrogen and oxygen atoms in total. The zero-order valence-electron chi connectivity index (χ0n) is 17.1. The Bertz CT molecular complexity index is 832. The lowest BCUT2D eigenvalue weighted by Crippen LogP contribution is -2.46. The average Bonchev–Trinajstić information content (AvgIpc) is 3.27. The molecule has 0 radical (unpaired) electrons. The molecular weight excluding hydrogens is 364 g/mol. The molecule has 2 aliphatic rings. The molecule has 2 aromatic carbocycles. The Labute approximate surface area is 173 Å². The first-order valence-electron chi connectivity index (χ1n) is 10.8. The van der Waals surface area contributed by atoms with Gasteiger partial charge in [0.2, 0.25) is 0 Å². The van der Waals surface area contributed by atoms with Crippen molar-refractivity contribution in [2.24, 2.45) is 0 Å². The van der Waals surface area contributed by atoms with Crippen LogP contribution in [0.1, 0.15) is 61.1 Å². The number of benzene rings is 2. The zero-order valence-corrected chi connectivity index (χ0v) is 17.1. The minimum absolute atomic E-state index is 0.0423. The van der Waals surface area contributed by atoms with Crippen molar-refractivity contribution in [3.63, 3.8) is 0 Å². The maximum Gasteiger partial charge on any atom is 0.257 e. The largest absolute Gasteiger partial charge is 0.493 e. The highest BCUT2D eigenvalue weighted by molar-refractivity contribution is 6.01. The summed E-state index contributed by atoms with van der Waals surface area (Å²) in [4.78, 5) is 15.3. The summed E-state index contributed by atoms with van der Waals surface area (Å²) in [7, 11) is 0. The van der Waals surface area contributed by atoms with Crippen LogP contribution in [0.2, 0.25) is 0 Å². The molecule has 29 heavy (non-hydrogen) atoms. The first-order valence-corrected chi connectivity index (χ1v) is 10.8. The van der Waals surface area contributed by atoms with Crippen molar-refractivity contribution < 1.29 is 14.3 Å². The second-order valence-electron chi connectivity index (χ2n) is 7.78. The second-order valence-corrected chi connectivity index (χ2v) is 7.78. The van der Waals surface area contributed by atoms with E-state index in [1.807, 2.05) is 47.4 Å². The van der Waals surface area contributed by atoms with Gasteiger partial charge in [-0.05, 0) is 37.5 Å². The molecule has 0 spiro atoms. The molecule has 2 atom stereocenters. The first kappa shape index (κ1) is 19.8. The van der Waals surface area contributed by atoms with Gasteiger partial charge in [0.15, 0.2) is 0 Å². The first-order chi connectivity index (χ1) is 14.3. The molecule has 2 aromatic rings. The van der Waals surface area contributed by atoms with Crippen molar-refractivity contribution in [2.75, 3.05) is 25.1 Å². The topological polar surface area (TPSA) is 50.8 Å². The van der Waals surface area contributed by atoms with Gasteiger partial charge in [-0.2, -0.15) is 0 Å². The van der Waals surface area contributed by atoms with Crippen LogP contribution in [0.4, 0.5) is 5.69 Å². The molecule has 1 amide bonds. The Morgan fingerprint density at radius 1 is 1.14 bits per heavy atom. The molecule has 2 heterocycles. The monoisotopic (exact) mass is 394 g/mol. The molecule has 0 aromatic heterocycles. The smallest absolute Gasteiger partial charge is 0.257 e. The molecule has 154 valence electrons. The third-order valence-corrected chi connectivity index (χ3v) is 5.67. The Hall–Kier alpha value is -2.53. The molecule has 1 saturated heterocycles. The van der Waals surface area contributed by atoms with Crippen LogP contribution in [0, 0.1) is 0 Å². The van der Waals surface area contributed by atoms with Crippen LogP contribution in [-0.2, 0) is 4.74 Å². The maximum atomic E-state index is 13.4. The molecule has 4 rings (SSSR count). The predicted octanol–water partition coefficient (Wildman–Crippen LogP) is 5.00. The van der Waals surface area contributed by atoms with Gasteiger partial charge in [-0.25, -0.2) is 0 Å². The van der Waals surface area contributed by atoms with Gasteiger partial charge >= 0.3 is 0 Å². The minimum atomic E-state index is -0.274. The molecular formula is C24H30N2O3. The molecule has 5 heteroatoms. The Kier molecular flexibility index (Phi) is 6.35. The quantitative estimate of drug-likeness (QED) is 0.640. The van der Waals surface area contributed by atoms with Gasteiger partial charge in [0.25, 0.3) is 5.91 Å². The number of hydrogen-bond acceptors (Lipinski definition) is 4. The number of unbranched alkanes of at least 4 members (excludes halogenated alkanes) is 2. The van der Waals surface area contributed by atoms with E-state index < -0.39 is 0 Å². The van der Waals surface area contributed by atoms with Gasteiger partial charge in [-0.15, -0.1) is 0 Å². The van der Waals surface area contributed by atoms with Gasteiger partial charge in [0.1, 0.15) is 11.9 Å². The summed E-state index contributed by atoms with van der Waals surface area (Å²) in [6, 6.07) is 15.8. The number of nitrogens with one attached hydrogen (secondary N) is 1. The van der Waals surface area contributed by atoms with E-state index in [-0.39, 0.29) is 18.2 Å². The molecule has 0 aliphatic carbocycles. The van der Waals surface area contributed by atoms with Crippen molar-refractivity contribution in [1.29, 1.82) is 0 Å². The van der Waals surface area contributed by atoms with Crippen LogP contribution in [0.5, 0.6) is 5.75 Å². The van der Waals surface area contributed by atoms with Gasteiger partial charge in [0, 0.05) is 24.4 Å². The van der Waals surface area contributed by atoms with Gasteiger partial charge in [-0.3, -0.25) is 4.79 Å². The number of carbonyl (C=O) groups is 1. The molecule has 1 fully saturated rings. The SMILES string of the molecule is CCCCCOc1ccccc1C1Nc2ccccc2C(=O)N1CC1CCCO1. The van der Waals surface area contributed by atoms with Gasteiger partial charge < -0.3 is 19.7 Å². The van der Waals surface area contributed by atoms with Crippen molar-refractivity contribution in [1.82, 2.24) is 4.90 Å². The van der Waals surface area contributed by atoms with E-state index in [1.165, 1.54) is 0 Å². The fourth-order valence-electron chi connectivity index (χ4n) is 4.11. The van der Waals surface area contributed by atoms with Gasteiger partial charge in [0.05, 0.1) is 18.3 Å². The molecule has 0 saturated carbocycles. The number of anilines is 1. The summed E-state index contributed by atoms with van der Waals surface area (Å²) in [6.45, 7) is 4.23. The number of ether oxygens (including phenoxy) is 2. The number of amides is 1. The van der Waals surface area contributed by atoms with E-state index in [2.05, 4.69) is 18.3 Å². The van der Waals surface area contributed by atoms with E-state index in [4.69, 9.17) is 9.47 Å². The third kappa shape index (κ3) is 4.40. The number of hydrogen-bond donors (Lipinski definition) is 1. The Morgan fingerprint density at radius 2 is 1.97 bits per heavy atom. The van der Waals surface area contributed by atoms with Crippen LogP contribution < -0.4 is 10.1 Å². The summed E-state index contributed by atoms with van der Waals surface area (Å²) >= 11 is 0. The standard InChI is InChI=1S/C24H30N2O3/c1-2-3-8-15-29-22-14-7-5-12-20(22)23-25-21-13-6-4-11-19(21)24(27)26(23)17-18-10-9-16-28-18/h4-7,11-14,18,23,25H,2-3,8-10,15-17H2,1H3. The van der Waals surface area contributed by atoms with E-state index >= 15 is 0 Å². The van der Waals surface area contributed by atoms with E-state index in [9.17, 15) is 4.79 Å². The molecule has 0 bridgehead atoms. The summed E-state index contributed by atoms with van der Waals surface area (Å²) in [5.41, 5.74) is 2.57. The summed E-state index contributed by atoms with van der Waals surface area (Å²) < 4.78 is 12.0. The van der Waals surface area contributed by atoms with Crippen LogP contribution >= 0.6 is 0 Å². The van der Waals surface area contributed by atoms with Crippen LogP contribution in [0.15, 0.2) is 48.5 Å². The minimum Gasteiger partial charge on any atom is -0.493 e. The number of nitrogens with zero attached hydrogens (tertiary/aromatic N) is 1. The summed E-state index contributed by atoms with van der Waals surface area (Å²) in [6.07, 6.45) is 5.21. The zero-order chi connectivity index (χ0) is 20.1. The van der Waals surface area contributed by atoms with Crippen molar-refractivity contribution in [2.45, 2.75) is 51.3 Å². The number of para-hydroxylation sites is 2. The Balaban J connectivity index is 1.63. The fraction of sp³-hybridized carbons (Fsp3) is 0.458. The third-order valence-electron chi connectivity index (χ3n) is 5.67. The number of carbonyl (C=O) groups excluding carboxylic acids is 1. The summed E-state index contributed by atoms with van der Waals surface area (Å²) in [5, 5.41) is 3.58. The Morgan fingerprint density at radius 3 is 2.79 bits per heavy atom. The van der Waals surface area contributed by atoms with Crippen LogP contribution in [-0.4, -0.2) is 36.7 Å². The van der Waals surface area contributed by atoms with Gasteiger partial charge in [-0.1, -0.05) is 50.1 Å². The average molecular weight is 395 g/mol. The normalized spacial score (nSPS) is 21.0. The van der Waals surface area contributed by atoms with Crippen molar-refractivity contribution >= 4 is 11.6 Å². The highest BCUT2D eigenvalue weighted by Gasteiger charge is 2.36. The van der Waals surface area contributed by atoms with Crippen LogP contribution in [0.3, 0.4) is 0 Å².